The van der Waals surface area contributed by atoms with Crippen molar-refractivity contribution < 1.29 is 80.2 Å². The zero-order valence-electron chi connectivity index (χ0n) is 69.0. The second kappa shape index (κ2) is 77.4. The number of phosphoric acid groups is 2. The maximum Gasteiger partial charge on any atom is 0.472 e. The number of hydrogen-bond donors (Lipinski definition) is 3. The monoisotopic (exact) mass is 1540 g/mol. The van der Waals surface area contributed by atoms with Crippen LogP contribution in [0.4, 0.5) is 0 Å². The summed E-state index contributed by atoms with van der Waals surface area (Å²) in [6.45, 7) is 9.67. The maximum atomic E-state index is 13.1. The molecule has 3 unspecified atom stereocenters. The summed E-state index contributed by atoms with van der Waals surface area (Å²) < 4.78 is 68.9. The van der Waals surface area contributed by atoms with Gasteiger partial charge in [-0.3, -0.25) is 37.3 Å². The van der Waals surface area contributed by atoms with Crippen molar-refractivity contribution in [1.29, 1.82) is 0 Å². The molecule has 19 heteroatoms. The average molecular weight is 1540 g/mol. The highest BCUT2D eigenvalue weighted by atomic mass is 31.2. The summed E-state index contributed by atoms with van der Waals surface area (Å²) in [5, 5.41) is 10.7. The van der Waals surface area contributed by atoms with Gasteiger partial charge in [0.2, 0.25) is 0 Å². The average Bonchev–Trinajstić information content (AvgIpc) is 0.937. The number of esters is 4. The van der Waals surface area contributed by atoms with E-state index in [-0.39, 0.29) is 25.7 Å². The van der Waals surface area contributed by atoms with E-state index in [1.54, 1.807) is 0 Å². The predicted octanol–water partition coefficient (Wildman–Crippen LogP) is 26.2. The van der Waals surface area contributed by atoms with Crippen LogP contribution in [-0.2, 0) is 65.4 Å². The minimum Gasteiger partial charge on any atom is -0.462 e. The van der Waals surface area contributed by atoms with E-state index < -0.39 is 97.5 Å². The Hall–Kier alpha value is -1.94. The minimum absolute atomic E-state index is 0.108. The second-order valence-corrected chi connectivity index (χ2v) is 34.6. The second-order valence-electron chi connectivity index (χ2n) is 31.6. The molecule has 0 amide bonds. The standard InChI is InChI=1S/C86H168O17P2/c1-7-10-12-14-16-18-20-22-24-25-26-30-34-37-41-45-49-56-62-68-83(88)96-74-81(102-85(90)70-65-59-51-47-43-39-35-31-28-27-29-33-36-40-44-48-54-60-66-78(4)5)76-100-104(92,93)98-72-80(87)73-99-105(94,95)101-77-82(75-97-84(89)69-63-57-53-52-55-61-67-79(6)9-3)103-86(91)71-64-58-50-46-42-38-32-23-21-19-17-15-13-11-8-2/h78-82,87H,7-77H2,1-6H3,(H,92,93)(H,94,95)/t79?,80-,81-,82-/m1/s1. The van der Waals surface area contributed by atoms with Crippen LogP contribution in [0, 0.1) is 11.8 Å². The molecule has 624 valence electrons. The van der Waals surface area contributed by atoms with Gasteiger partial charge in [-0.15, -0.1) is 0 Å². The van der Waals surface area contributed by atoms with Crippen molar-refractivity contribution in [1.82, 2.24) is 0 Å². The first-order valence-electron chi connectivity index (χ1n) is 44.5. The van der Waals surface area contributed by atoms with Gasteiger partial charge in [0.25, 0.3) is 0 Å². The minimum atomic E-state index is -4.97. The number of carbonyl (C=O) groups excluding carboxylic acids is 4. The molecule has 17 nitrogen and oxygen atoms in total. The zero-order chi connectivity index (χ0) is 77.1. The summed E-state index contributed by atoms with van der Waals surface area (Å²) in [6.07, 6.45) is 69.5. The number of hydrogen-bond acceptors (Lipinski definition) is 15. The largest absolute Gasteiger partial charge is 0.472 e. The highest BCUT2D eigenvalue weighted by molar-refractivity contribution is 7.47. The number of aliphatic hydroxyl groups excluding tert-OH is 1. The number of carbonyl (C=O) groups is 4. The molecule has 105 heavy (non-hydrogen) atoms. The van der Waals surface area contributed by atoms with Crippen LogP contribution in [0.1, 0.15) is 459 Å². The first-order valence-corrected chi connectivity index (χ1v) is 47.5. The molecule has 0 heterocycles. The maximum absolute atomic E-state index is 13.1. The van der Waals surface area contributed by atoms with Crippen molar-refractivity contribution in [3.05, 3.63) is 0 Å². The molecule has 0 saturated heterocycles. The Morgan fingerprint density at radius 3 is 0.724 bits per heavy atom. The van der Waals surface area contributed by atoms with Gasteiger partial charge >= 0.3 is 39.5 Å². The van der Waals surface area contributed by atoms with Crippen LogP contribution in [0.25, 0.3) is 0 Å². The lowest BCUT2D eigenvalue weighted by Gasteiger charge is -2.21. The Kier molecular flexibility index (Phi) is 76.0. The van der Waals surface area contributed by atoms with E-state index in [4.69, 9.17) is 37.0 Å². The van der Waals surface area contributed by atoms with E-state index >= 15 is 0 Å². The highest BCUT2D eigenvalue weighted by Gasteiger charge is 2.30. The fourth-order valence-corrected chi connectivity index (χ4v) is 15.0. The molecule has 0 bridgehead atoms. The number of ether oxygens (including phenoxy) is 4. The summed E-state index contributed by atoms with van der Waals surface area (Å²) in [5.41, 5.74) is 0. The lowest BCUT2D eigenvalue weighted by atomic mass is 10.00. The van der Waals surface area contributed by atoms with E-state index in [1.807, 2.05) is 0 Å². The van der Waals surface area contributed by atoms with Gasteiger partial charge < -0.3 is 33.8 Å². The Morgan fingerprint density at radius 2 is 0.486 bits per heavy atom. The number of rotatable bonds is 85. The lowest BCUT2D eigenvalue weighted by Crippen LogP contribution is -2.30. The smallest absolute Gasteiger partial charge is 0.462 e. The molecule has 0 aromatic carbocycles. The van der Waals surface area contributed by atoms with Gasteiger partial charge in [-0.05, 0) is 37.5 Å². The van der Waals surface area contributed by atoms with E-state index in [0.717, 1.165) is 108 Å². The Morgan fingerprint density at radius 1 is 0.276 bits per heavy atom. The Balaban J connectivity index is 5.22. The Bertz CT molecular complexity index is 2010. The van der Waals surface area contributed by atoms with Crippen LogP contribution in [0.3, 0.4) is 0 Å². The summed E-state index contributed by atoms with van der Waals surface area (Å²) in [7, 11) is -9.93. The predicted molar refractivity (Wildman–Crippen MR) is 432 cm³/mol. The van der Waals surface area contributed by atoms with Gasteiger partial charge in [0, 0.05) is 25.7 Å². The van der Waals surface area contributed by atoms with Crippen LogP contribution in [0.5, 0.6) is 0 Å². The number of aliphatic hydroxyl groups is 1. The normalized spacial score (nSPS) is 14.1. The SMILES string of the molecule is CCCCCCCCCCCCCCCCCCCCCC(=O)OC[C@H](COP(=O)(O)OC[C@@H](O)COP(=O)(O)OC[C@@H](COC(=O)CCCCCCCCC(C)CC)OC(=O)CCCCCCCCCCCCCCCCC)OC(=O)CCCCCCCCCCCCCCCCCCCCC(C)C. The highest BCUT2D eigenvalue weighted by Crippen LogP contribution is 2.45. The van der Waals surface area contributed by atoms with Gasteiger partial charge in [0.1, 0.15) is 19.3 Å². The quantitative estimate of drug-likeness (QED) is 0.0222. The van der Waals surface area contributed by atoms with Crippen molar-refractivity contribution in [2.45, 2.75) is 477 Å². The topological polar surface area (TPSA) is 237 Å². The molecule has 6 atom stereocenters. The molecule has 0 aliphatic rings. The van der Waals surface area contributed by atoms with Gasteiger partial charge in [0.05, 0.1) is 26.4 Å². The fraction of sp³-hybridized carbons (Fsp3) is 0.953. The summed E-state index contributed by atoms with van der Waals surface area (Å²) in [6, 6.07) is 0. The molecule has 0 spiro atoms. The zero-order valence-corrected chi connectivity index (χ0v) is 70.8. The molecule has 0 aliphatic heterocycles. The third-order valence-corrected chi connectivity index (χ3v) is 22.5. The van der Waals surface area contributed by atoms with Crippen molar-refractivity contribution in [3.63, 3.8) is 0 Å². The summed E-state index contributed by atoms with van der Waals surface area (Å²) in [4.78, 5) is 73.2. The number of unbranched alkanes of at least 4 members (excludes halogenated alkanes) is 54. The first-order chi connectivity index (χ1) is 50.9. The molecule has 0 aliphatic carbocycles. The molecular weight excluding hydrogens is 1370 g/mol. The lowest BCUT2D eigenvalue weighted by molar-refractivity contribution is -0.161. The van der Waals surface area contributed by atoms with E-state index in [2.05, 4.69) is 41.5 Å². The van der Waals surface area contributed by atoms with Gasteiger partial charge in [-0.25, -0.2) is 9.13 Å². The molecule has 0 aromatic rings. The molecule has 0 radical (unpaired) electrons. The van der Waals surface area contributed by atoms with Crippen LogP contribution in [0.15, 0.2) is 0 Å². The summed E-state index contributed by atoms with van der Waals surface area (Å²) >= 11 is 0. The van der Waals surface area contributed by atoms with E-state index in [1.165, 1.54) is 270 Å². The van der Waals surface area contributed by atoms with Crippen molar-refractivity contribution >= 4 is 39.5 Å². The van der Waals surface area contributed by atoms with Gasteiger partial charge in [-0.1, -0.05) is 408 Å². The van der Waals surface area contributed by atoms with Gasteiger partial charge in [-0.2, -0.15) is 0 Å². The van der Waals surface area contributed by atoms with Crippen LogP contribution in [-0.4, -0.2) is 96.7 Å². The molecular formula is C86H168O17P2. The molecule has 0 rings (SSSR count). The van der Waals surface area contributed by atoms with Crippen molar-refractivity contribution in [2.75, 3.05) is 39.6 Å². The van der Waals surface area contributed by atoms with Gasteiger partial charge in [0.15, 0.2) is 12.2 Å². The third kappa shape index (κ3) is 78.5. The third-order valence-electron chi connectivity index (χ3n) is 20.6. The molecule has 3 N–H and O–H groups in total. The fourth-order valence-electron chi connectivity index (χ4n) is 13.4. The molecule has 0 aromatic heterocycles. The van der Waals surface area contributed by atoms with Crippen LogP contribution in [0.2, 0.25) is 0 Å². The van der Waals surface area contributed by atoms with Crippen molar-refractivity contribution in [2.24, 2.45) is 11.8 Å². The molecule has 0 saturated carbocycles. The first kappa shape index (κ1) is 103. The van der Waals surface area contributed by atoms with Crippen LogP contribution < -0.4 is 0 Å². The summed E-state index contributed by atoms with van der Waals surface area (Å²) in [5.74, 6) is -0.552. The molecule has 0 fully saturated rings. The van der Waals surface area contributed by atoms with Crippen LogP contribution >= 0.6 is 15.6 Å². The number of phosphoric ester groups is 2. The van der Waals surface area contributed by atoms with E-state index in [9.17, 15) is 43.2 Å². The Labute approximate surface area is 645 Å². The van der Waals surface area contributed by atoms with E-state index in [0.29, 0.717) is 25.7 Å². The van der Waals surface area contributed by atoms with Crippen molar-refractivity contribution in [3.8, 4) is 0 Å².